The Morgan fingerprint density at radius 3 is 1.75 bits per heavy atom. The van der Waals surface area contributed by atoms with Crippen molar-refractivity contribution in [3.63, 3.8) is 0 Å². The molecular weight excluding hydrogens is 364 g/mol. The van der Waals surface area contributed by atoms with E-state index >= 15 is 0 Å². The van der Waals surface area contributed by atoms with Crippen LogP contribution in [0, 0.1) is 0 Å². The fourth-order valence-electron chi connectivity index (χ4n) is 0.714. The van der Waals surface area contributed by atoms with Crippen molar-refractivity contribution in [1.82, 2.24) is 0 Å². The van der Waals surface area contributed by atoms with Gasteiger partial charge in [0, 0.05) is 0 Å². The Bertz CT molecular complexity index is 186. The molecule has 0 fully saturated rings. The van der Waals surface area contributed by atoms with E-state index in [1.807, 2.05) is 6.07 Å². The van der Waals surface area contributed by atoms with Crippen molar-refractivity contribution in [3.05, 3.63) is 35.9 Å². The van der Waals surface area contributed by atoms with E-state index in [0.717, 1.165) is 6.42 Å². The molecule has 0 bridgehead atoms. The molecule has 0 aromatic heterocycles. The van der Waals surface area contributed by atoms with E-state index in [4.69, 9.17) is 0 Å². The Morgan fingerprint density at radius 1 is 1.08 bits per heavy atom. The van der Waals surface area contributed by atoms with E-state index in [1.54, 1.807) is 0 Å². The molecule has 0 saturated heterocycles. The summed E-state index contributed by atoms with van der Waals surface area (Å²) in [5.74, 6) is 0. The van der Waals surface area contributed by atoms with Crippen molar-refractivity contribution < 1.29 is 0 Å². The van der Waals surface area contributed by atoms with Crippen molar-refractivity contribution >= 4 is 50.5 Å². The maximum Gasteiger partial charge on any atom is 0.253 e. The van der Waals surface area contributed by atoms with Crippen molar-refractivity contribution in [2.24, 2.45) is 0 Å². The van der Waals surface area contributed by atoms with Gasteiger partial charge in [-0.05, 0) is 12.0 Å². The normalized spacial score (nSPS) is 9.08. The fraction of sp³-hybridized carbons (Fsp3) is 0.250. The third kappa shape index (κ3) is 8.97. The van der Waals surface area contributed by atoms with Gasteiger partial charge in [0.2, 0.25) is 0 Å². The highest BCUT2D eigenvalue weighted by Crippen LogP contribution is 2.07. The summed E-state index contributed by atoms with van der Waals surface area (Å²) in [7, 11) is 0. The third-order valence-corrected chi connectivity index (χ3v) is 1.25. The minimum Gasteiger partial charge on any atom is -0.101 e. The second-order valence-electron chi connectivity index (χ2n) is 2.09. The molecule has 0 aliphatic carbocycles. The van der Waals surface area contributed by atoms with Crippen LogP contribution in [0.3, 0.4) is 0 Å². The Kier molecular flexibility index (Phi) is 9.09. The van der Waals surface area contributed by atoms with Crippen molar-refractivity contribution in [2.45, 2.75) is 13.3 Å². The van der Waals surface area contributed by atoms with Gasteiger partial charge >= 0.3 is 0 Å². The number of hydrogen-bond acceptors (Lipinski definition) is 0. The Balaban J connectivity index is 0.000000261. The third-order valence-electron chi connectivity index (χ3n) is 1.25. The molecule has 1 rings (SSSR count). The van der Waals surface area contributed by atoms with Gasteiger partial charge in [-0.2, -0.15) is 0 Å². The first-order valence-electron chi connectivity index (χ1n) is 3.63. The van der Waals surface area contributed by atoms with Crippen LogP contribution in [-0.4, -0.2) is 4.65 Å². The van der Waals surface area contributed by atoms with Gasteiger partial charge in [-0.25, -0.2) is 0 Å². The highest BCUT2D eigenvalue weighted by Gasteiger charge is 1.82. The van der Waals surface area contributed by atoms with Gasteiger partial charge in [0.1, 0.15) is 0 Å². The Labute approximate surface area is 99.1 Å². The maximum absolute atomic E-state index is 3.24. The van der Waals surface area contributed by atoms with E-state index in [1.165, 1.54) is 5.56 Å². The molecule has 0 nitrogen and oxygen atoms in total. The minimum atomic E-state index is -0.701. The molecule has 0 amide bonds. The van der Waals surface area contributed by atoms with Crippen LogP contribution in [0.25, 0.3) is 0 Å². The number of hydrogen-bond donors (Lipinski definition) is 0. The summed E-state index contributed by atoms with van der Waals surface area (Å²) >= 11 is 9.73. The predicted molar refractivity (Wildman–Crippen MR) is 69.8 cm³/mol. The molecule has 0 aliphatic heterocycles. The van der Waals surface area contributed by atoms with Gasteiger partial charge in [-0.1, -0.05) is 37.3 Å². The molecule has 0 N–H and O–H groups in total. The zero-order chi connectivity index (χ0) is 9.40. The summed E-state index contributed by atoms with van der Waals surface area (Å²) in [6.07, 6.45) is 1.14. The first-order valence-corrected chi connectivity index (χ1v) is 13.2. The molecule has 0 heterocycles. The molecule has 0 unspecified atom stereocenters. The lowest BCUT2D eigenvalue weighted by molar-refractivity contribution is 1.14. The highest BCUT2D eigenvalue weighted by molar-refractivity contribution is 9.69. The molecule has 12 heavy (non-hydrogen) atoms. The van der Waals surface area contributed by atoms with E-state index in [0.29, 0.717) is 0 Å². The standard InChI is InChI=1S/C8H10.Br3HSi/c1-2-8-6-4-3-5-7-8;1-4(2)3/h3-7H,2H2,1H3;4H. The summed E-state index contributed by atoms with van der Waals surface area (Å²) in [6.45, 7) is 2.16. The first kappa shape index (κ1) is 12.9. The average Bonchev–Trinajstić information content (AvgIpc) is 2.05. The zero-order valence-electron chi connectivity index (χ0n) is 6.81. The lowest BCUT2D eigenvalue weighted by atomic mass is 10.2. The second-order valence-corrected chi connectivity index (χ2v) is 21.9. The quantitative estimate of drug-likeness (QED) is 0.512. The summed E-state index contributed by atoms with van der Waals surface area (Å²) < 4.78 is -0.701. The molecule has 0 spiro atoms. The molecule has 0 radical (unpaired) electrons. The SMILES string of the molecule is Br[SiH](Br)Br.CCc1ccccc1. The van der Waals surface area contributed by atoms with Gasteiger partial charge in [0.05, 0.1) is 0 Å². The Hall–Kier alpha value is 0.877. The molecular formula is C8H11Br3Si. The number of benzene rings is 1. The summed E-state index contributed by atoms with van der Waals surface area (Å²) in [4.78, 5) is 0. The van der Waals surface area contributed by atoms with Crippen LogP contribution < -0.4 is 0 Å². The lowest BCUT2D eigenvalue weighted by Gasteiger charge is -1.89. The van der Waals surface area contributed by atoms with Gasteiger partial charge < -0.3 is 0 Å². The van der Waals surface area contributed by atoms with Gasteiger partial charge in [0.25, 0.3) is 4.65 Å². The smallest absolute Gasteiger partial charge is 0.101 e. The molecule has 68 valence electrons. The van der Waals surface area contributed by atoms with Crippen LogP contribution in [0.1, 0.15) is 12.5 Å². The summed E-state index contributed by atoms with van der Waals surface area (Å²) in [5.41, 5.74) is 1.41. The van der Waals surface area contributed by atoms with E-state index in [-0.39, 0.29) is 0 Å². The van der Waals surface area contributed by atoms with Crippen LogP contribution in [0.2, 0.25) is 0 Å². The maximum atomic E-state index is 3.24. The van der Waals surface area contributed by atoms with Gasteiger partial charge in [0.15, 0.2) is 0 Å². The fourth-order valence-corrected chi connectivity index (χ4v) is 0.714. The van der Waals surface area contributed by atoms with Crippen LogP contribution in [-0.2, 0) is 6.42 Å². The Morgan fingerprint density at radius 2 is 1.50 bits per heavy atom. The first-order chi connectivity index (χ1) is 5.66. The van der Waals surface area contributed by atoms with Gasteiger partial charge in [-0.15, -0.1) is 45.9 Å². The van der Waals surface area contributed by atoms with E-state index in [2.05, 4.69) is 77.1 Å². The zero-order valence-corrected chi connectivity index (χ0v) is 12.7. The summed E-state index contributed by atoms with van der Waals surface area (Å²) in [6, 6.07) is 10.5. The minimum absolute atomic E-state index is 0.701. The molecule has 1 aromatic carbocycles. The van der Waals surface area contributed by atoms with Crippen LogP contribution >= 0.6 is 45.9 Å². The van der Waals surface area contributed by atoms with Crippen molar-refractivity contribution in [3.8, 4) is 0 Å². The molecule has 1 aromatic rings. The second kappa shape index (κ2) is 8.47. The molecule has 0 aliphatic rings. The lowest BCUT2D eigenvalue weighted by Crippen LogP contribution is -1.73. The van der Waals surface area contributed by atoms with Crippen LogP contribution in [0.5, 0.6) is 0 Å². The largest absolute Gasteiger partial charge is 0.253 e. The number of halogens is 3. The van der Waals surface area contributed by atoms with Crippen molar-refractivity contribution in [2.75, 3.05) is 0 Å². The van der Waals surface area contributed by atoms with Crippen molar-refractivity contribution in [1.29, 1.82) is 0 Å². The monoisotopic (exact) mass is 372 g/mol. The van der Waals surface area contributed by atoms with E-state index in [9.17, 15) is 0 Å². The topological polar surface area (TPSA) is 0 Å². The van der Waals surface area contributed by atoms with Gasteiger partial charge in [-0.3, -0.25) is 0 Å². The summed E-state index contributed by atoms with van der Waals surface area (Å²) in [5, 5.41) is 0. The van der Waals surface area contributed by atoms with E-state index < -0.39 is 4.65 Å². The van der Waals surface area contributed by atoms with Crippen LogP contribution in [0.4, 0.5) is 0 Å². The number of rotatable bonds is 1. The average molecular weight is 375 g/mol. The predicted octanol–water partition coefficient (Wildman–Crippen LogP) is 4.14. The molecule has 0 saturated carbocycles. The molecule has 4 heteroatoms. The van der Waals surface area contributed by atoms with Crippen LogP contribution in [0.15, 0.2) is 30.3 Å². The molecule has 0 atom stereocenters. The number of aryl methyl sites for hydroxylation is 1. The highest BCUT2D eigenvalue weighted by atomic mass is 80.0.